The minimum atomic E-state index is -0.403. The highest BCUT2D eigenvalue weighted by molar-refractivity contribution is 5.97. The summed E-state index contributed by atoms with van der Waals surface area (Å²) in [6.07, 6.45) is 3.93. The van der Waals surface area contributed by atoms with E-state index in [1.807, 2.05) is 32.9 Å². The summed E-state index contributed by atoms with van der Waals surface area (Å²) in [4.78, 5) is 15.0. The molecule has 0 aromatic rings. The van der Waals surface area contributed by atoms with Gasteiger partial charge in [0.2, 0.25) is 0 Å². The van der Waals surface area contributed by atoms with Crippen LogP contribution in [-0.2, 0) is 9.63 Å². The van der Waals surface area contributed by atoms with E-state index in [-0.39, 0.29) is 0 Å². The molecule has 0 saturated carbocycles. The summed E-state index contributed by atoms with van der Waals surface area (Å²) in [7, 11) is 0. The number of carbonyl (C=O) groups excluding carboxylic acids is 1. The number of hydrogen-bond acceptors (Lipinski definition) is 3. The van der Waals surface area contributed by atoms with Crippen LogP contribution >= 0.6 is 0 Å². The van der Waals surface area contributed by atoms with E-state index in [0.29, 0.717) is 5.71 Å². The third-order valence-corrected chi connectivity index (χ3v) is 1.55. The predicted octanol–water partition coefficient (Wildman–Crippen LogP) is 2.84. The van der Waals surface area contributed by atoms with Crippen LogP contribution < -0.4 is 0 Å². The van der Waals surface area contributed by atoms with Gasteiger partial charge in [0, 0.05) is 6.92 Å². The minimum Gasteiger partial charge on any atom is -0.318 e. The SMILES string of the molecule is CC(=O)O/N=C(C)/C(C)=C/C=C(C)C. The van der Waals surface area contributed by atoms with E-state index in [9.17, 15) is 4.79 Å². The minimum absolute atomic E-state index is 0.403. The highest BCUT2D eigenvalue weighted by Gasteiger charge is 1.95. The van der Waals surface area contributed by atoms with Gasteiger partial charge in [0.1, 0.15) is 0 Å². The molecule has 0 heterocycles. The van der Waals surface area contributed by atoms with Gasteiger partial charge in [-0.25, -0.2) is 4.79 Å². The van der Waals surface area contributed by atoms with Gasteiger partial charge in [0.05, 0.1) is 5.71 Å². The van der Waals surface area contributed by atoms with Crippen LogP contribution in [0.15, 0.2) is 28.5 Å². The molecule has 0 saturated heterocycles. The number of oxime groups is 1. The fourth-order valence-electron chi connectivity index (χ4n) is 0.617. The molecule has 0 rings (SSSR count). The molecule has 0 aromatic carbocycles. The maximum atomic E-state index is 10.5. The lowest BCUT2D eigenvalue weighted by atomic mass is 10.2. The van der Waals surface area contributed by atoms with Crippen molar-refractivity contribution in [3.8, 4) is 0 Å². The van der Waals surface area contributed by atoms with E-state index >= 15 is 0 Å². The second kappa shape index (κ2) is 6.13. The van der Waals surface area contributed by atoms with Crippen molar-refractivity contribution in [1.82, 2.24) is 0 Å². The first-order chi connectivity index (χ1) is 6.43. The van der Waals surface area contributed by atoms with Gasteiger partial charge in [-0.2, -0.15) is 0 Å². The lowest BCUT2D eigenvalue weighted by Gasteiger charge is -1.98. The Bertz CT molecular complexity index is 294. The number of rotatable bonds is 3. The van der Waals surface area contributed by atoms with Crippen LogP contribution in [0.2, 0.25) is 0 Å². The molecule has 0 bridgehead atoms. The van der Waals surface area contributed by atoms with Crippen LogP contribution in [0.3, 0.4) is 0 Å². The molecule has 0 spiro atoms. The first kappa shape index (κ1) is 12.6. The summed E-state index contributed by atoms with van der Waals surface area (Å²) in [5.41, 5.74) is 2.90. The van der Waals surface area contributed by atoms with E-state index < -0.39 is 5.97 Å². The van der Waals surface area contributed by atoms with Gasteiger partial charge in [0.15, 0.2) is 0 Å². The van der Waals surface area contributed by atoms with Crippen molar-refractivity contribution in [2.24, 2.45) is 5.16 Å². The van der Waals surface area contributed by atoms with Gasteiger partial charge >= 0.3 is 5.97 Å². The molecule has 0 atom stereocenters. The molecule has 0 unspecified atom stereocenters. The number of carbonyl (C=O) groups is 1. The molecule has 3 heteroatoms. The average molecular weight is 195 g/mol. The van der Waals surface area contributed by atoms with Crippen molar-refractivity contribution >= 4 is 11.7 Å². The van der Waals surface area contributed by atoms with Crippen LogP contribution in [0.1, 0.15) is 34.6 Å². The number of hydrogen-bond donors (Lipinski definition) is 0. The predicted molar refractivity (Wildman–Crippen MR) is 58.1 cm³/mol. The second-order valence-corrected chi connectivity index (χ2v) is 3.35. The molecular weight excluding hydrogens is 178 g/mol. The Morgan fingerprint density at radius 1 is 1.07 bits per heavy atom. The maximum absolute atomic E-state index is 10.5. The normalized spacial score (nSPS) is 12.4. The molecule has 0 amide bonds. The van der Waals surface area contributed by atoms with Gasteiger partial charge in [0.25, 0.3) is 0 Å². The molecule has 3 nitrogen and oxygen atoms in total. The largest absolute Gasteiger partial charge is 0.331 e. The Balaban J connectivity index is 4.45. The van der Waals surface area contributed by atoms with Gasteiger partial charge in [-0.05, 0) is 33.3 Å². The van der Waals surface area contributed by atoms with Crippen molar-refractivity contribution in [2.45, 2.75) is 34.6 Å². The summed E-state index contributed by atoms with van der Waals surface area (Å²) in [5.74, 6) is -0.403. The maximum Gasteiger partial charge on any atom is 0.331 e. The summed E-state index contributed by atoms with van der Waals surface area (Å²) >= 11 is 0. The van der Waals surface area contributed by atoms with Crippen molar-refractivity contribution in [3.63, 3.8) is 0 Å². The molecule has 0 N–H and O–H groups in total. The highest BCUT2D eigenvalue weighted by atomic mass is 16.7. The van der Waals surface area contributed by atoms with Gasteiger partial charge < -0.3 is 4.84 Å². The van der Waals surface area contributed by atoms with E-state index in [4.69, 9.17) is 0 Å². The Morgan fingerprint density at radius 3 is 2.07 bits per heavy atom. The van der Waals surface area contributed by atoms with Gasteiger partial charge in [-0.3, -0.25) is 0 Å². The zero-order valence-electron chi connectivity index (χ0n) is 9.42. The summed E-state index contributed by atoms with van der Waals surface area (Å²) in [6.45, 7) is 9.08. The van der Waals surface area contributed by atoms with E-state index in [1.54, 1.807) is 6.92 Å². The molecule has 0 fully saturated rings. The first-order valence-electron chi connectivity index (χ1n) is 4.48. The smallest absolute Gasteiger partial charge is 0.318 e. The zero-order chi connectivity index (χ0) is 11.1. The number of allylic oxidation sites excluding steroid dienone is 4. The fourth-order valence-corrected chi connectivity index (χ4v) is 0.617. The molecule has 0 aliphatic heterocycles. The van der Waals surface area contributed by atoms with Crippen LogP contribution in [0, 0.1) is 0 Å². The van der Waals surface area contributed by atoms with Gasteiger partial charge in [-0.1, -0.05) is 22.9 Å². The molecule has 78 valence electrons. The summed E-state index contributed by atoms with van der Waals surface area (Å²) in [6, 6.07) is 0. The molecule has 0 aromatic heterocycles. The van der Waals surface area contributed by atoms with Crippen molar-refractivity contribution < 1.29 is 9.63 Å². The number of nitrogens with zero attached hydrogens (tertiary/aromatic N) is 1. The standard InChI is InChI=1S/C11H17NO2/c1-8(2)6-7-9(3)10(4)12-14-11(5)13/h6-7H,1-5H3/b9-7+,12-10+. The first-order valence-corrected chi connectivity index (χ1v) is 4.48. The fraction of sp³-hybridized carbons (Fsp3) is 0.455. The van der Waals surface area contributed by atoms with E-state index in [1.165, 1.54) is 12.5 Å². The van der Waals surface area contributed by atoms with Crippen molar-refractivity contribution in [1.29, 1.82) is 0 Å². The lowest BCUT2D eigenvalue weighted by molar-refractivity contribution is -0.140. The van der Waals surface area contributed by atoms with Crippen molar-refractivity contribution in [3.05, 3.63) is 23.3 Å². The van der Waals surface area contributed by atoms with Crippen LogP contribution in [0.5, 0.6) is 0 Å². The monoisotopic (exact) mass is 195 g/mol. The van der Waals surface area contributed by atoms with Crippen LogP contribution in [0.25, 0.3) is 0 Å². The second-order valence-electron chi connectivity index (χ2n) is 3.35. The van der Waals surface area contributed by atoms with E-state index in [2.05, 4.69) is 9.99 Å². The molecule has 0 aliphatic carbocycles. The molecule has 0 aliphatic rings. The third kappa shape index (κ3) is 6.17. The average Bonchev–Trinajstić information content (AvgIpc) is 2.09. The molecule has 0 radical (unpaired) electrons. The Labute approximate surface area is 85.1 Å². The van der Waals surface area contributed by atoms with Crippen molar-refractivity contribution in [2.75, 3.05) is 0 Å². The topological polar surface area (TPSA) is 38.7 Å². The quantitative estimate of drug-likeness (QED) is 0.300. The van der Waals surface area contributed by atoms with Gasteiger partial charge in [-0.15, -0.1) is 0 Å². The third-order valence-electron chi connectivity index (χ3n) is 1.55. The van der Waals surface area contributed by atoms with Crippen LogP contribution in [0.4, 0.5) is 0 Å². The summed E-state index contributed by atoms with van der Waals surface area (Å²) < 4.78 is 0. The Kier molecular flexibility index (Phi) is 5.53. The Hall–Kier alpha value is -1.38. The zero-order valence-corrected chi connectivity index (χ0v) is 9.42. The Morgan fingerprint density at radius 2 is 1.64 bits per heavy atom. The highest BCUT2D eigenvalue weighted by Crippen LogP contribution is 2.00. The summed E-state index contributed by atoms with van der Waals surface area (Å²) in [5, 5.41) is 3.67. The van der Waals surface area contributed by atoms with E-state index in [0.717, 1.165) is 5.57 Å². The molecular formula is C11H17NO2. The molecule has 14 heavy (non-hydrogen) atoms. The van der Waals surface area contributed by atoms with Crippen LogP contribution in [-0.4, -0.2) is 11.7 Å². The lowest BCUT2D eigenvalue weighted by Crippen LogP contribution is -1.98.